The molecule has 106 valence electrons. The van der Waals surface area contributed by atoms with Crippen molar-refractivity contribution < 1.29 is 14.2 Å². The molecule has 5 heteroatoms. The zero-order chi connectivity index (χ0) is 14.5. The predicted octanol–water partition coefficient (Wildman–Crippen LogP) is 3.74. The zero-order valence-corrected chi connectivity index (χ0v) is 12.5. The van der Waals surface area contributed by atoms with E-state index in [1.54, 1.807) is 19.2 Å². The Morgan fingerprint density at radius 1 is 1.25 bits per heavy atom. The summed E-state index contributed by atoms with van der Waals surface area (Å²) in [6, 6.07) is 11.2. The van der Waals surface area contributed by atoms with Gasteiger partial charge in [-0.25, -0.2) is 4.39 Å². The number of aliphatic hydroxyl groups is 1. The number of rotatable bonds is 5. The number of halogens is 2. The molecule has 3 nitrogen and oxygen atoms in total. The molecule has 1 atom stereocenters. The number of hydrogen-bond acceptors (Lipinski definition) is 3. The molecule has 2 rings (SSSR count). The monoisotopic (exact) mass is 339 g/mol. The molecule has 2 aromatic carbocycles. The SMILES string of the molecule is COc1ccc(Br)cc1C(CO)Nc1ccc(F)cc1. The molecule has 0 aliphatic rings. The first-order valence-electron chi connectivity index (χ1n) is 6.10. The van der Waals surface area contributed by atoms with Gasteiger partial charge >= 0.3 is 0 Å². The van der Waals surface area contributed by atoms with Gasteiger partial charge in [0, 0.05) is 15.7 Å². The maximum Gasteiger partial charge on any atom is 0.124 e. The Labute approximate surface area is 125 Å². The highest BCUT2D eigenvalue weighted by Crippen LogP contribution is 2.30. The summed E-state index contributed by atoms with van der Waals surface area (Å²) in [7, 11) is 1.58. The maximum absolute atomic E-state index is 12.9. The van der Waals surface area contributed by atoms with Gasteiger partial charge in [0.05, 0.1) is 19.8 Å². The molecular formula is C15H15BrFNO2. The molecule has 0 amide bonds. The highest BCUT2D eigenvalue weighted by atomic mass is 79.9. The van der Waals surface area contributed by atoms with Gasteiger partial charge in [-0.2, -0.15) is 0 Å². The number of hydrogen-bond donors (Lipinski definition) is 2. The van der Waals surface area contributed by atoms with Crippen molar-refractivity contribution in [2.24, 2.45) is 0 Å². The van der Waals surface area contributed by atoms with E-state index in [4.69, 9.17) is 4.74 Å². The van der Waals surface area contributed by atoms with Crippen LogP contribution in [0.15, 0.2) is 46.9 Å². The van der Waals surface area contributed by atoms with Gasteiger partial charge in [-0.3, -0.25) is 0 Å². The summed E-state index contributed by atoms with van der Waals surface area (Å²) in [6.45, 7) is -0.107. The van der Waals surface area contributed by atoms with Gasteiger partial charge in [0.15, 0.2) is 0 Å². The summed E-state index contributed by atoms with van der Waals surface area (Å²) >= 11 is 3.40. The lowest BCUT2D eigenvalue weighted by Crippen LogP contribution is -2.15. The van der Waals surface area contributed by atoms with Crippen molar-refractivity contribution in [2.45, 2.75) is 6.04 Å². The Kier molecular flexibility index (Phi) is 4.98. The van der Waals surface area contributed by atoms with Crippen LogP contribution in [-0.4, -0.2) is 18.8 Å². The van der Waals surface area contributed by atoms with Crippen LogP contribution in [-0.2, 0) is 0 Å². The fourth-order valence-electron chi connectivity index (χ4n) is 1.95. The quantitative estimate of drug-likeness (QED) is 0.871. The molecule has 0 heterocycles. The fraction of sp³-hybridized carbons (Fsp3) is 0.200. The minimum absolute atomic E-state index is 0.107. The number of methoxy groups -OCH3 is 1. The fourth-order valence-corrected chi connectivity index (χ4v) is 2.33. The Hall–Kier alpha value is -1.59. The average molecular weight is 340 g/mol. The van der Waals surface area contributed by atoms with Crippen LogP contribution in [0.2, 0.25) is 0 Å². The maximum atomic E-state index is 12.9. The molecule has 0 bridgehead atoms. The molecule has 2 aromatic rings. The molecule has 2 N–H and O–H groups in total. The van der Waals surface area contributed by atoms with Gasteiger partial charge in [0.25, 0.3) is 0 Å². The summed E-state index contributed by atoms with van der Waals surface area (Å²) in [5.41, 5.74) is 1.56. The normalized spacial score (nSPS) is 12.0. The largest absolute Gasteiger partial charge is 0.496 e. The van der Waals surface area contributed by atoms with Gasteiger partial charge in [-0.05, 0) is 42.5 Å². The zero-order valence-electron chi connectivity index (χ0n) is 10.9. The molecule has 0 saturated carbocycles. The van der Waals surface area contributed by atoms with E-state index in [1.807, 2.05) is 18.2 Å². The summed E-state index contributed by atoms with van der Waals surface area (Å²) < 4.78 is 19.1. The van der Waals surface area contributed by atoms with Crippen molar-refractivity contribution in [1.82, 2.24) is 0 Å². The summed E-state index contributed by atoms with van der Waals surface area (Å²) in [6.07, 6.45) is 0. The second-order valence-corrected chi connectivity index (χ2v) is 5.19. The van der Waals surface area contributed by atoms with Crippen molar-refractivity contribution >= 4 is 21.6 Å². The molecule has 20 heavy (non-hydrogen) atoms. The van der Waals surface area contributed by atoms with Gasteiger partial charge in [-0.1, -0.05) is 15.9 Å². The number of nitrogens with one attached hydrogen (secondary N) is 1. The second-order valence-electron chi connectivity index (χ2n) is 4.27. The van der Waals surface area contributed by atoms with Crippen LogP contribution < -0.4 is 10.1 Å². The number of anilines is 1. The second kappa shape index (κ2) is 6.72. The smallest absolute Gasteiger partial charge is 0.124 e. The molecule has 0 saturated heterocycles. The van der Waals surface area contributed by atoms with E-state index < -0.39 is 0 Å². The molecule has 1 unspecified atom stereocenters. The van der Waals surface area contributed by atoms with Gasteiger partial charge < -0.3 is 15.2 Å². The first-order chi connectivity index (χ1) is 9.63. The van der Waals surface area contributed by atoms with Crippen molar-refractivity contribution in [2.75, 3.05) is 19.0 Å². The first-order valence-corrected chi connectivity index (χ1v) is 6.89. The third-order valence-corrected chi connectivity index (χ3v) is 3.43. The molecule has 0 spiro atoms. The van der Waals surface area contributed by atoms with E-state index in [1.165, 1.54) is 12.1 Å². The summed E-state index contributed by atoms with van der Waals surface area (Å²) in [5, 5.41) is 12.8. The lowest BCUT2D eigenvalue weighted by atomic mass is 10.1. The average Bonchev–Trinajstić information content (AvgIpc) is 2.46. The van der Waals surface area contributed by atoms with Gasteiger partial charge in [-0.15, -0.1) is 0 Å². The number of aliphatic hydroxyl groups excluding tert-OH is 1. The summed E-state index contributed by atoms with van der Waals surface area (Å²) in [5.74, 6) is 0.387. The Morgan fingerprint density at radius 2 is 1.95 bits per heavy atom. The van der Waals surface area contributed by atoms with Crippen molar-refractivity contribution in [3.8, 4) is 5.75 Å². The van der Waals surface area contributed by atoms with Crippen LogP contribution in [0.25, 0.3) is 0 Å². The standard InChI is InChI=1S/C15H15BrFNO2/c1-20-15-7-2-10(16)8-13(15)14(9-19)18-12-5-3-11(17)4-6-12/h2-8,14,18-19H,9H2,1H3. The Bertz CT molecular complexity index is 575. The van der Waals surface area contributed by atoms with E-state index in [0.717, 1.165) is 15.7 Å². The molecule has 0 fully saturated rings. The van der Waals surface area contributed by atoms with Crippen LogP contribution in [0.4, 0.5) is 10.1 Å². The van der Waals surface area contributed by atoms with E-state index in [-0.39, 0.29) is 18.5 Å². The molecule has 0 aliphatic heterocycles. The number of ether oxygens (including phenoxy) is 1. The highest BCUT2D eigenvalue weighted by Gasteiger charge is 2.15. The Morgan fingerprint density at radius 3 is 2.55 bits per heavy atom. The van der Waals surface area contributed by atoms with Crippen molar-refractivity contribution in [1.29, 1.82) is 0 Å². The lowest BCUT2D eigenvalue weighted by molar-refractivity contribution is 0.273. The van der Waals surface area contributed by atoms with Crippen LogP contribution in [0.3, 0.4) is 0 Å². The lowest BCUT2D eigenvalue weighted by Gasteiger charge is -2.20. The summed E-state index contributed by atoms with van der Waals surface area (Å²) in [4.78, 5) is 0. The van der Waals surface area contributed by atoms with Crippen LogP contribution in [0, 0.1) is 5.82 Å². The van der Waals surface area contributed by atoms with Gasteiger partial charge in [0.2, 0.25) is 0 Å². The molecule has 0 aromatic heterocycles. The minimum Gasteiger partial charge on any atom is -0.496 e. The van der Waals surface area contributed by atoms with E-state index in [2.05, 4.69) is 21.2 Å². The molecule has 0 aliphatic carbocycles. The predicted molar refractivity (Wildman–Crippen MR) is 80.5 cm³/mol. The van der Waals surface area contributed by atoms with Crippen LogP contribution >= 0.6 is 15.9 Å². The highest BCUT2D eigenvalue weighted by molar-refractivity contribution is 9.10. The third kappa shape index (κ3) is 3.49. The van der Waals surface area contributed by atoms with E-state index >= 15 is 0 Å². The topological polar surface area (TPSA) is 41.5 Å². The van der Waals surface area contributed by atoms with E-state index in [0.29, 0.717) is 5.75 Å². The number of benzene rings is 2. The Balaban J connectivity index is 2.28. The molecule has 0 radical (unpaired) electrons. The van der Waals surface area contributed by atoms with Crippen molar-refractivity contribution in [3.63, 3.8) is 0 Å². The minimum atomic E-state index is -0.340. The third-order valence-electron chi connectivity index (χ3n) is 2.93. The van der Waals surface area contributed by atoms with Gasteiger partial charge in [0.1, 0.15) is 11.6 Å². The molecular weight excluding hydrogens is 325 g/mol. The van der Waals surface area contributed by atoms with Crippen LogP contribution in [0.1, 0.15) is 11.6 Å². The van der Waals surface area contributed by atoms with E-state index in [9.17, 15) is 9.50 Å². The van der Waals surface area contributed by atoms with Crippen LogP contribution in [0.5, 0.6) is 5.75 Å². The van der Waals surface area contributed by atoms with Crippen molar-refractivity contribution in [3.05, 3.63) is 58.3 Å². The first kappa shape index (κ1) is 14.8.